The van der Waals surface area contributed by atoms with Crippen LogP contribution in [0.3, 0.4) is 0 Å². The van der Waals surface area contributed by atoms with Crippen LogP contribution in [-0.4, -0.2) is 34.1 Å². The van der Waals surface area contributed by atoms with Gasteiger partial charge in [0, 0.05) is 5.54 Å². The maximum atomic E-state index is 12.6. The van der Waals surface area contributed by atoms with Crippen LogP contribution >= 0.6 is 0 Å². The molecule has 2 rings (SSSR count). The number of nitrogens with zero attached hydrogens (tertiary/aromatic N) is 1. The lowest BCUT2D eigenvalue weighted by Crippen LogP contribution is -2.55. The molecule has 7 heteroatoms. The number of hydrogen-bond acceptors (Lipinski definition) is 3. The summed E-state index contributed by atoms with van der Waals surface area (Å²) < 4.78 is 0. The van der Waals surface area contributed by atoms with Crippen LogP contribution in [-0.2, 0) is 11.2 Å². The van der Waals surface area contributed by atoms with Crippen LogP contribution < -0.4 is 16.1 Å². The first-order chi connectivity index (χ1) is 11.1. The average molecular weight is 332 g/mol. The molecular formula is C17H24N4O3. The van der Waals surface area contributed by atoms with Crippen molar-refractivity contribution in [2.75, 3.05) is 0 Å². The number of nitrogens with one attached hydrogen (secondary N) is 3. The zero-order valence-electron chi connectivity index (χ0n) is 14.5. The third kappa shape index (κ3) is 4.24. The first-order valence-electron chi connectivity index (χ1n) is 7.90. The quantitative estimate of drug-likeness (QED) is 0.736. The van der Waals surface area contributed by atoms with E-state index >= 15 is 0 Å². The molecule has 1 fully saturated rings. The Labute approximate surface area is 141 Å². The van der Waals surface area contributed by atoms with Crippen LogP contribution in [0, 0.1) is 0 Å². The van der Waals surface area contributed by atoms with Crippen molar-refractivity contribution in [3.05, 3.63) is 35.9 Å². The highest BCUT2D eigenvalue weighted by Crippen LogP contribution is 2.22. The standard InChI is InChI=1S/C17H24N4O3/c1-16(2,3)18-14(23)20-21-13(22)17(4,19-15(21)24)11-10-12-8-6-5-7-9-12/h5-9H,10-11H2,1-4H3,(H,19,24)(H2,18,20,23). The van der Waals surface area contributed by atoms with Gasteiger partial charge in [0.1, 0.15) is 5.54 Å². The molecule has 1 atom stereocenters. The Balaban J connectivity index is 2.00. The molecule has 0 saturated carbocycles. The molecular weight excluding hydrogens is 308 g/mol. The Morgan fingerprint density at radius 1 is 1.21 bits per heavy atom. The summed E-state index contributed by atoms with van der Waals surface area (Å²) in [6.45, 7) is 7.09. The van der Waals surface area contributed by atoms with Gasteiger partial charge >= 0.3 is 12.1 Å². The first-order valence-corrected chi connectivity index (χ1v) is 7.90. The molecule has 1 heterocycles. The highest BCUT2D eigenvalue weighted by Gasteiger charge is 2.48. The molecule has 7 nitrogen and oxygen atoms in total. The molecule has 1 unspecified atom stereocenters. The Hall–Kier alpha value is -2.57. The number of rotatable bonds is 4. The fraction of sp³-hybridized carbons (Fsp3) is 0.471. The first kappa shape index (κ1) is 17.8. The van der Waals surface area contributed by atoms with Crippen molar-refractivity contribution in [2.45, 2.75) is 51.6 Å². The van der Waals surface area contributed by atoms with E-state index in [2.05, 4.69) is 16.1 Å². The van der Waals surface area contributed by atoms with E-state index in [1.54, 1.807) is 6.92 Å². The molecule has 130 valence electrons. The Kier molecular flexibility index (Phi) is 4.82. The lowest BCUT2D eigenvalue weighted by molar-refractivity contribution is -0.132. The Morgan fingerprint density at radius 3 is 2.42 bits per heavy atom. The van der Waals surface area contributed by atoms with Crippen LogP contribution in [0.1, 0.15) is 39.7 Å². The van der Waals surface area contributed by atoms with Gasteiger partial charge in [-0.05, 0) is 46.1 Å². The van der Waals surface area contributed by atoms with E-state index in [4.69, 9.17) is 0 Å². The zero-order valence-corrected chi connectivity index (χ0v) is 14.5. The van der Waals surface area contributed by atoms with Gasteiger partial charge in [-0.1, -0.05) is 30.3 Å². The van der Waals surface area contributed by atoms with Crippen LogP contribution in [0.4, 0.5) is 9.59 Å². The predicted octanol–water partition coefficient (Wildman–Crippen LogP) is 1.94. The lowest BCUT2D eigenvalue weighted by atomic mass is 9.93. The van der Waals surface area contributed by atoms with E-state index in [1.165, 1.54) is 0 Å². The normalized spacial score (nSPS) is 20.8. The molecule has 0 radical (unpaired) electrons. The second-order valence-corrected chi connectivity index (χ2v) is 7.20. The summed E-state index contributed by atoms with van der Waals surface area (Å²) in [7, 11) is 0. The predicted molar refractivity (Wildman–Crippen MR) is 90.0 cm³/mol. The summed E-state index contributed by atoms with van der Waals surface area (Å²) in [4.78, 5) is 36.5. The number of carbonyl (C=O) groups excluding carboxylic acids is 3. The van der Waals surface area contributed by atoms with Crippen molar-refractivity contribution in [1.82, 2.24) is 21.1 Å². The molecule has 0 aromatic heterocycles. The second-order valence-electron chi connectivity index (χ2n) is 7.20. The molecule has 5 amide bonds. The van der Waals surface area contributed by atoms with Crippen molar-refractivity contribution in [2.24, 2.45) is 0 Å². The number of hydrogen-bond donors (Lipinski definition) is 3. The molecule has 1 aromatic carbocycles. The van der Waals surface area contributed by atoms with E-state index in [0.717, 1.165) is 10.6 Å². The lowest BCUT2D eigenvalue weighted by Gasteiger charge is -2.24. The summed E-state index contributed by atoms with van der Waals surface area (Å²) in [5.41, 5.74) is 1.88. The maximum absolute atomic E-state index is 12.6. The largest absolute Gasteiger partial charge is 0.344 e. The maximum Gasteiger partial charge on any atom is 0.344 e. The zero-order chi connectivity index (χ0) is 18.0. The molecule has 1 saturated heterocycles. The minimum absolute atomic E-state index is 0.445. The van der Waals surface area contributed by atoms with Gasteiger partial charge in [-0.2, -0.15) is 5.01 Å². The number of hydrazine groups is 1. The van der Waals surface area contributed by atoms with Crippen LogP contribution in [0.25, 0.3) is 0 Å². The van der Waals surface area contributed by atoms with E-state index in [0.29, 0.717) is 12.8 Å². The summed E-state index contributed by atoms with van der Waals surface area (Å²) >= 11 is 0. The summed E-state index contributed by atoms with van der Waals surface area (Å²) in [5, 5.41) is 6.05. The third-order valence-electron chi connectivity index (χ3n) is 3.72. The third-order valence-corrected chi connectivity index (χ3v) is 3.72. The highest BCUT2D eigenvalue weighted by molar-refractivity contribution is 6.07. The SMILES string of the molecule is CC(C)(C)NC(=O)NN1C(=O)NC(C)(CCc2ccccc2)C1=O. The molecule has 1 aliphatic rings. The highest BCUT2D eigenvalue weighted by atomic mass is 16.2. The van der Waals surface area contributed by atoms with Crippen molar-refractivity contribution in [1.29, 1.82) is 0 Å². The molecule has 0 spiro atoms. The van der Waals surface area contributed by atoms with Crippen molar-refractivity contribution in [3.8, 4) is 0 Å². The van der Waals surface area contributed by atoms with Gasteiger partial charge in [0.2, 0.25) is 0 Å². The average Bonchev–Trinajstić information content (AvgIpc) is 2.68. The van der Waals surface area contributed by atoms with Crippen molar-refractivity contribution in [3.63, 3.8) is 0 Å². The molecule has 0 bridgehead atoms. The van der Waals surface area contributed by atoms with Gasteiger partial charge < -0.3 is 10.6 Å². The van der Waals surface area contributed by atoms with E-state index < -0.39 is 29.0 Å². The molecule has 1 aliphatic heterocycles. The second kappa shape index (κ2) is 6.51. The number of carbonyl (C=O) groups is 3. The van der Waals surface area contributed by atoms with Gasteiger partial charge in [-0.25, -0.2) is 15.0 Å². The Bertz CT molecular complexity index is 639. The Morgan fingerprint density at radius 2 is 1.83 bits per heavy atom. The van der Waals surface area contributed by atoms with Crippen LogP contribution in [0.2, 0.25) is 0 Å². The van der Waals surface area contributed by atoms with Crippen molar-refractivity contribution < 1.29 is 14.4 Å². The minimum atomic E-state index is -1.04. The van der Waals surface area contributed by atoms with Gasteiger partial charge in [0.15, 0.2) is 0 Å². The summed E-state index contributed by atoms with van der Waals surface area (Å²) in [6.07, 6.45) is 1.09. The fourth-order valence-corrected chi connectivity index (χ4v) is 2.46. The number of amides is 5. The molecule has 1 aromatic rings. The number of imide groups is 1. The van der Waals surface area contributed by atoms with Crippen LogP contribution in [0.5, 0.6) is 0 Å². The van der Waals surface area contributed by atoms with E-state index in [1.807, 2.05) is 51.1 Å². The summed E-state index contributed by atoms with van der Waals surface area (Å²) in [5.74, 6) is -0.465. The van der Waals surface area contributed by atoms with Gasteiger partial charge in [0.25, 0.3) is 5.91 Å². The topological polar surface area (TPSA) is 90.5 Å². The molecule has 0 aliphatic carbocycles. The number of urea groups is 2. The minimum Gasteiger partial charge on any atom is -0.332 e. The smallest absolute Gasteiger partial charge is 0.332 e. The summed E-state index contributed by atoms with van der Waals surface area (Å²) in [6, 6.07) is 8.49. The number of benzene rings is 1. The van der Waals surface area contributed by atoms with Gasteiger partial charge in [-0.3, -0.25) is 4.79 Å². The molecule has 24 heavy (non-hydrogen) atoms. The van der Waals surface area contributed by atoms with Crippen molar-refractivity contribution >= 4 is 18.0 Å². The van der Waals surface area contributed by atoms with Crippen LogP contribution in [0.15, 0.2) is 30.3 Å². The monoisotopic (exact) mass is 332 g/mol. The van der Waals surface area contributed by atoms with Gasteiger partial charge in [0.05, 0.1) is 0 Å². The van der Waals surface area contributed by atoms with Gasteiger partial charge in [-0.15, -0.1) is 0 Å². The van der Waals surface area contributed by atoms with E-state index in [9.17, 15) is 14.4 Å². The fourth-order valence-electron chi connectivity index (χ4n) is 2.46. The molecule has 3 N–H and O–H groups in total. The van der Waals surface area contributed by atoms with E-state index in [-0.39, 0.29) is 0 Å². The number of aryl methyl sites for hydroxylation is 1.